The van der Waals surface area contributed by atoms with Crippen LogP contribution in [0.4, 0.5) is 5.69 Å². The number of rotatable bonds is 6. The fourth-order valence-corrected chi connectivity index (χ4v) is 3.20. The third-order valence-electron chi connectivity index (χ3n) is 4.88. The van der Waals surface area contributed by atoms with E-state index in [-0.39, 0.29) is 5.91 Å². The lowest BCUT2D eigenvalue weighted by Gasteiger charge is -2.31. The van der Waals surface area contributed by atoms with Gasteiger partial charge in [-0.05, 0) is 63.0 Å². The van der Waals surface area contributed by atoms with E-state index in [0.29, 0.717) is 24.1 Å². The van der Waals surface area contributed by atoms with E-state index in [4.69, 9.17) is 16.3 Å². The molecule has 1 aliphatic heterocycles. The van der Waals surface area contributed by atoms with Gasteiger partial charge in [-0.3, -0.25) is 14.4 Å². The fourth-order valence-electron chi connectivity index (χ4n) is 3.07. The van der Waals surface area contributed by atoms with Gasteiger partial charge in [-0.25, -0.2) is 0 Å². The smallest absolute Gasteiger partial charge is 0.238 e. The average Bonchev–Trinajstić information content (AvgIpc) is 2.94. The summed E-state index contributed by atoms with van der Waals surface area (Å²) < 4.78 is 7.60. The Balaban J connectivity index is 1.38. The van der Waals surface area contributed by atoms with Crippen molar-refractivity contribution in [3.8, 4) is 5.75 Å². The van der Waals surface area contributed by atoms with Gasteiger partial charge in [-0.1, -0.05) is 11.6 Å². The van der Waals surface area contributed by atoms with Crippen LogP contribution in [-0.4, -0.2) is 46.8 Å². The number of nitrogens with one attached hydrogen (secondary N) is 1. The van der Waals surface area contributed by atoms with Crippen molar-refractivity contribution in [2.75, 3.05) is 31.6 Å². The second-order valence-corrected chi connectivity index (χ2v) is 7.24. The Morgan fingerprint density at radius 2 is 2.00 bits per heavy atom. The largest absolute Gasteiger partial charge is 0.493 e. The summed E-state index contributed by atoms with van der Waals surface area (Å²) in [7, 11) is 1.86. The molecular formula is C19H25ClN4O2. The van der Waals surface area contributed by atoms with Crippen molar-refractivity contribution in [2.24, 2.45) is 13.0 Å². The maximum atomic E-state index is 12.2. The summed E-state index contributed by atoms with van der Waals surface area (Å²) in [6, 6.07) is 7.45. The van der Waals surface area contributed by atoms with Crippen LogP contribution >= 0.6 is 11.6 Å². The number of aryl methyl sites for hydroxylation is 1. The minimum Gasteiger partial charge on any atom is -0.493 e. The monoisotopic (exact) mass is 376 g/mol. The minimum atomic E-state index is 0.0111. The normalized spacial score (nSPS) is 15.8. The molecule has 1 saturated heterocycles. The Kier molecular flexibility index (Phi) is 6.16. The zero-order valence-corrected chi connectivity index (χ0v) is 16.0. The van der Waals surface area contributed by atoms with Gasteiger partial charge in [0.15, 0.2) is 0 Å². The number of likely N-dealkylation sites (tertiary alicyclic amines) is 1. The van der Waals surface area contributed by atoms with Gasteiger partial charge in [0, 0.05) is 12.1 Å². The molecule has 0 unspecified atom stereocenters. The van der Waals surface area contributed by atoms with Crippen LogP contribution in [0.5, 0.6) is 5.75 Å². The maximum absolute atomic E-state index is 12.2. The molecule has 0 saturated carbocycles. The first kappa shape index (κ1) is 18.7. The Morgan fingerprint density at radius 1 is 1.31 bits per heavy atom. The van der Waals surface area contributed by atoms with Crippen LogP contribution in [-0.2, 0) is 11.8 Å². The van der Waals surface area contributed by atoms with E-state index >= 15 is 0 Å². The van der Waals surface area contributed by atoms with E-state index in [1.54, 1.807) is 10.9 Å². The standard InChI is InChI=1S/C19H25ClN4O2/c1-14-18(11-21-23(14)2)22-19(25)12-24-9-7-15(8-10-24)13-26-17-5-3-16(20)4-6-17/h3-6,11,15H,7-10,12-13H2,1-2H3,(H,22,25). The van der Waals surface area contributed by atoms with Crippen LogP contribution in [0.1, 0.15) is 18.5 Å². The lowest BCUT2D eigenvalue weighted by atomic mass is 9.98. The molecule has 1 amide bonds. The maximum Gasteiger partial charge on any atom is 0.238 e. The highest BCUT2D eigenvalue weighted by atomic mass is 35.5. The molecule has 2 heterocycles. The molecule has 3 rings (SSSR count). The SMILES string of the molecule is Cc1c(NC(=O)CN2CCC(COc3ccc(Cl)cc3)CC2)cnn1C. The van der Waals surface area contributed by atoms with Crippen LogP contribution in [0.2, 0.25) is 5.02 Å². The molecule has 140 valence electrons. The molecule has 0 aliphatic carbocycles. The Hall–Kier alpha value is -2.05. The number of halogens is 1. The van der Waals surface area contributed by atoms with Crippen LogP contribution in [0.3, 0.4) is 0 Å². The van der Waals surface area contributed by atoms with E-state index in [1.165, 1.54) is 0 Å². The Morgan fingerprint density at radius 3 is 2.62 bits per heavy atom. The molecule has 0 atom stereocenters. The molecule has 26 heavy (non-hydrogen) atoms. The number of aromatic nitrogens is 2. The van der Waals surface area contributed by atoms with Gasteiger partial charge in [0.25, 0.3) is 0 Å². The van der Waals surface area contributed by atoms with Gasteiger partial charge in [0.2, 0.25) is 5.91 Å². The number of amides is 1. The highest BCUT2D eigenvalue weighted by molar-refractivity contribution is 6.30. The number of piperidine rings is 1. The van der Waals surface area contributed by atoms with E-state index < -0.39 is 0 Å². The van der Waals surface area contributed by atoms with Crippen LogP contribution in [0.15, 0.2) is 30.5 Å². The quantitative estimate of drug-likeness (QED) is 0.841. The van der Waals surface area contributed by atoms with Gasteiger partial charge < -0.3 is 10.1 Å². The number of hydrogen-bond donors (Lipinski definition) is 1. The number of hydrogen-bond acceptors (Lipinski definition) is 4. The second kappa shape index (κ2) is 8.56. The topological polar surface area (TPSA) is 59.4 Å². The summed E-state index contributed by atoms with van der Waals surface area (Å²) in [6.07, 6.45) is 3.76. The van der Waals surface area contributed by atoms with Crippen LogP contribution in [0.25, 0.3) is 0 Å². The second-order valence-electron chi connectivity index (χ2n) is 6.80. The van der Waals surface area contributed by atoms with Crippen molar-refractivity contribution in [2.45, 2.75) is 19.8 Å². The molecular weight excluding hydrogens is 352 g/mol. The van der Waals surface area contributed by atoms with Gasteiger partial charge in [0.1, 0.15) is 5.75 Å². The van der Waals surface area contributed by atoms with Crippen molar-refractivity contribution in [1.29, 1.82) is 0 Å². The third-order valence-corrected chi connectivity index (χ3v) is 5.14. The average molecular weight is 377 g/mol. The van der Waals surface area contributed by atoms with E-state index in [0.717, 1.165) is 43.1 Å². The molecule has 0 spiro atoms. The molecule has 1 aromatic heterocycles. The van der Waals surface area contributed by atoms with Gasteiger partial charge in [-0.15, -0.1) is 0 Å². The Bertz CT molecular complexity index is 736. The van der Waals surface area contributed by atoms with E-state index in [1.807, 2.05) is 38.2 Å². The zero-order chi connectivity index (χ0) is 18.5. The molecule has 7 heteroatoms. The zero-order valence-electron chi connectivity index (χ0n) is 15.2. The summed E-state index contributed by atoms with van der Waals surface area (Å²) in [5.41, 5.74) is 1.74. The van der Waals surface area contributed by atoms with Crippen LogP contribution < -0.4 is 10.1 Å². The number of ether oxygens (including phenoxy) is 1. The number of nitrogens with zero attached hydrogens (tertiary/aromatic N) is 3. The van der Waals surface area contributed by atoms with Crippen molar-refractivity contribution < 1.29 is 9.53 Å². The molecule has 6 nitrogen and oxygen atoms in total. The van der Waals surface area contributed by atoms with E-state index in [9.17, 15) is 4.79 Å². The van der Waals surface area contributed by atoms with Gasteiger partial charge >= 0.3 is 0 Å². The highest BCUT2D eigenvalue weighted by Gasteiger charge is 2.21. The number of benzene rings is 1. The van der Waals surface area contributed by atoms with Crippen molar-refractivity contribution >= 4 is 23.2 Å². The molecule has 1 aliphatic rings. The van der Waals surface area contributed by atoms with Crippen molar-refractivity contribution in [3.05, 3.63) is 41.2 Å². The van der Waals surface area contributed by atoms with Crippen LogP contribution in [0, 0.1) is 12.8 Å². The van der Waals surface area contributed by atoms with Gasteiger partial charge in [-0.2, -0.15) is 5.10 Å². The first-order valence-electron chi connectivity index (χ1n) is 8.90. The predicted octanol–water partition coefficient (Wildman–Crippen LogP) is 3.11. The summed E-state index contributed by atoms with van der Waals surface area (Å²) in [5, 5.41) is 7.80. The summed E-state index contributed by atoms with van der Waals surface area (Å²) in [4.78, 5) is 14.4. The molecule has 1 fully saturated rings. The molecule has 0 radical (unpaired) electrons. The minimum absolute atomic E-state index is 0.0111. The first-order chi connectivity index (χ1) is 12.5. The number of carbonyl (C=O) groups excluding carboxylic acids is 1. The number of carbonyl (C=O) groups is 1. The van der Waals surface area contributed by atoms with Crippen molar-refractivity contribution in [1.82, 2.24) is 14.7 Å². The van der Waals surface area contributed by atoms with E-state index in [2.05, 4.69) is 15.3 Å². The molecule has 1 aromatic carbocycles. The molecule has 1 N–H and O–H groups in total. The third kappa shape index (κ3) is 4.99. The molecule has 0 bridgehead atoms. The predicted molar refractivity (Wildman–Crippen MR) is 103 cm³/mol. The Labute approximate surface area is 159 Å². The number of anilines is 1. The highest BCUT2D eigenvalue weighted by Crippen LogP contribution is 2.21. The first-order valence-corrected chi connectivity index (χ1v) is 9.28. The molecule has 2 aromatic rings. The lowest BCUT2D eigenvalue weighted by molar-refractivity contribution is -0.117. The lowest BCUT2D eigenvalue weighted by Crippen LogP contribution is -2.40. The van der Waals surface area contributed by atoms with Crippen molar-refractivity contribution in [3.63, 3.8) is 0 Å². The summed E-state index contributed by atoms with van der Waals surface area (Å²) >= 11 is 5.88. The summed E-state index contributed by atoms with van der Waals surface area (Å²) in [6.45, 7) is 4.88. The van der Waals surface area contributed by atoms with Gasteiger partial charge in [0.05, 0.1) is 30.7 Å². The fraction of sp³-hybridized carbons (Fsp3) is 0.474. The summed E-state index contributed by atoms with van der Waals surface area (Å²) in [5.74, 6) is 1.38.